The molecule has 1 aliphatic heterocycles. The van der Waals surface area contributed by atoms with Crippen molar-refractivity contribution in [1.82, 2.24) is 4.90 Å². The molecule has 1 aromatic rings. The number of hydrogen-bond donors (Lipinski definition) is 4. The average molecular weight is 309 g/mol. The van der Waals surface area contributed by atoms with Crippen molar-refractivity contribution in [3.8, 4) is 5.75 Å². The van der Waals surface area contributed by atoms with E-state index in [0.717, 1.165) is 25.3 Å². The lowest BCUT2D eigenvalue weighted by Gasteiger charge is -2.29. The zero-order valence-corrected chi connectivity index (χ0v) is 13.5. The van der Waals surface area contributed by atoms with Crippen LogP contribution in [0.1, 0.15) is 6.42 Å². The lowest BCUT2D eigenvalue weighted by Crippen LogP contribution is -3.11. The van der Waals surface area contributed by atoms with Gasteiger partial charge in [0.15, 0.2) is 0 Å². The molecule has 0 unspecified atom stereocenters. The Labute approximate surface area is 132 Å². The maximum Gasteiger partial charge on any atom is 0.117 e. The molecular formula is C16H29N4O2+. The van der Waals surface area contributed by atoms with Gasteiger partial charge in [-0.3, -0.25) is 4.90 Å². The number of nitrogen functional groups attached to an aromatic ring is 1. The quantitative estimate of drug-likeness (QED) is 0.299. The van der Waals surface area contributed by atoms with E-state index < -0.39 is 0 Å². The van der Waals surface area contributed by atoms with E-state index in [1.54, 1.807) is 23.1 Å². The highest BCUT2D eigenvalue weighted by molar-refractivity contribution is 5.67. The monoisotopic (exact) mass is 309 g/mol. The van der Waals surface area contributed by atoms with Crippen LogP contribution in [0.3, 0.4) is 0 Å². The lowest BCUT2D eigenvalue weighted by atomic mass is 10.2. The van der Waals surface area contributed by atoms with Gasteiger partial charge >= 0.3 is 0 Å². The molecule has 1 aromatic carbocycles. The van der Waals surface area contributed by atoms with Gasteiger partial charge in [-0.1, -0.05) is 0 Å². The second-order valence-electron chi connectivity index (χ2n) is 5.96. The Balaban J connectivity index is 1.50. The lowest BCUT2D eigenvalue weighted by molar-refractivity contribution is -0.884. The van der Waals surface area contributed by atoms with Gasteiger partial charge in [-0.25, -0.2) is 0 Å². The maximum absolute atomic E-state index is 9.42. The van der Waals surface area contributed by atoms with E-state index in [0.29, 0.717) is 18.8 Å². The summed E-state index contributed by atoms with van der Waals surface area (Å²) in [5, 5.41) is 12.6. The molecule has 0 spiro atoms. The highest BCUT2D eigenvalue weighted by atomic mass is 16.5. The molecule has 1 fully saturated rings. The number of hydrogen-bond acceptors (Lipinski definition) is 5. The summed E-state index contributed by atoms with van der Waals surface area (Å²) in [6.07, 6.45) is 1.08. The summed E-state index contributed by atoms with van der Waals surface area (Å²) < 4.78 is 5.64. The number of piperazine rings is 1. The Bertz CT molecular complexity index is 448. The molecule has 0 radical (unpaired) electrons. The van der Waals surface area contributed by atoms with Crippen molar-refractivity contribution in [2.45, 2.75) is 6.42 Å². The summed E-state index contributed by atoms with van der Waals surface area (Å²) in [4.78, 5) is 4.15. The van der Waals surface area contributed by atoms with Crippen molar-refractivity contribution in [1.29, 1.82) is 0 Å². The molecule has 2 rings (SSSR count). The molecule has 1 aliphatic rings. The number of nitrogens with two attached hydrogens (primary N) is 1. The summed E-state index contributed by atoms with van der Waals surface area (Å²) in [7, 11) is 2.26. The molecule has 0 amide bonds. The van der Waals surface area contributed by atoms with Crippen LogP contribution in [0, 0.1) is 0 Å². The minimum atomic E-state index is 0.214. The van der Waals surface area contributed by atoms with Gasteiger partial charge in [-0.15, -0.1) is 0 Å². The zero-order chi connectivity index (χ0) is 15.8. The normalized spacial score (nSPS) is 16.8. The minimum Gasteiger partial charge on any atom is -0.508 e. The summed E-state index contributed by atoms with van der Waals surface area (Å²) >= 11 is 0. The zero-order valence-electron chi connectivity index (χ0n) is 13.5. The van der Waals surface area contributed by atoms with E-state index in [9.17, 15) is 5.11 Å². The van der Waals surface area contributed by atoms with E-state index in [2.05, 4.69) is 17.3 Å². The van der Waals surface area contributed by atoms with Gasteiger partial charge in [0.1, 0.15) is 5.75 Å². The molecule has 1 saturated heterocycles. The molecule has 0 saturated carbocycles. The van der Waals surface area contributed by atoms with Crippen LogP contribution >= 0.6 is 0 Å². The van der Waals surface area contributed by atoms with Crippen molar-refractivity contribution >= 4 is 11.4 Å². The summed E-state index contributed by atoms with van der Waals surface area (Å²) in [5.74, 6) is 0.214. The SMILES string of the molecule is C[NH+]1CCN(CCCOCCNc2cc(O)ccc2N)CC1. The highest BCUT2D eigenvalue weighted by Gasteiger charge is 2.15. The Morgan fingerprint density at radius 2 is 2.09 bits per heavy atom. The number of anilines is 2. The Morgan fingerprint density at radius 3 is 2.86 bits per heavy atom. The van der Waals surface area contributed by atoms with Gasteiger partial charge in [0.05, 0.1) is 38.1 Å². The fourth-order valence-corrected chi connectivity index (χ4v) is 2.61. The van der Waals surface area contributed by atoms with Crippen LogP contribution < -0.4 is 16.0 Å². The van der Waals surface area contributed by atoms with Gasteiger partial charge in [0.2, 0.25) is 0 Å². The van der Waals surface area contributed by atoms with E-state index in [4.69, 9.17) is 10.5 Å². The molecule has 0 aliphatic carbocycles. The smallest absolute Gasteiger partial charge is 0.117 e. The Morgan fingerprint density at radius 1 is 1.32 bits per heavy atom. The van der Waals surface area contributed by atoms with Crippen LogP contribution in [0.5, 0.6) is 5.75 Å². The first-order valence-corrected chi connectivity index (χ1v) is 8.09. The predicted molar refractivity (Wildman–Crippen MR) is 89.5 cm³/mol. The number of benzene rings is 1. The van der Waals surface area contributed by atoms with Gasteiger partial charge in [0.25, 0.3) is 0 Å². The first-order valence-electron chi connectivity index (χ1n) is 8.09. The van der Waals surface area contributed by atoms with Crippen molar-refractivity contribution in [2.24, 2.45) is 0 Å². The van der Waals surface area contributed by atoms with Crippen LogP contribution in [0.25, 0.3) is 0 Å². The first-order chi connectivity index (χ1) is 10.6. The number of likely N-dealkylation sites (N-methyl/N-ethyl adjacent to an activating group) is 1. The molecule has 6 nitrogen and oxygen atoms in total. The molecule has 5 N–H and O–H groups in total. The molecule has 0 atom stereocenters. The fourth-order valence-electron chi connectivity index (χ4n) is 2.61. The molecule has 124 valence electrons. The third-order valence-electron chi connectivity index (χ3n) is 4.07. The van der Waals surface area contributed by atoms with Crippen LogP contribution in [0.15, 0.2) is 18.2 Å². The van der Waals surface area contributed by atoms with Crippen LogP contribution in [-0.2, 0) is 4.74 Å². The fraction of sp³-hybridized carbons (Fsp3) is 0.625. The van der Waals surface area contributed by atoms with E-state index in [1.807, 2.05) is 0 Å². The molecule has 6 heteroatoms. The van der Waals surface area contributed by atoms with Crippen molar-refractivity contribution < 1.29 is 14.7 Å². The van der Waals surface area contributed by atoms with Crippen LogP contribution in [0.2, 0.25) is 0 Å². The number of quaternary nitrogens is 1. The third kappa shape index (κ3) is 5.71. The van der Waals surface area contributed by atoms with Gasteiger partial charge < -0.3 is 25.8 Å². The number of rotatable bonds is 8. The standard InChI is InChI=1S/C16H28N4O2/c1-19-7-9-20(10-8-19)6-2-11-22-12-5-18-16-13-14(21)3-4-15(16)17/h3-4,13,18,21H,2,5-12,17H2,1H3/p+1. The topological polar surface area (TPSA) is 75.2 Å². The molecular weight excluding hydrogens is 280 g/mol. The number of ether oxygens (including phenoxy) is 1. The maximum atomic E-state index is 9.42. The summed E-state index contributed by atoms with van der Waals surface area (Å²) in [6, 6.07) is 4.90. The van der Waals surface area contributed by atoms with E-state index in [-0.39, 0.29) is 5.75 Å². The van der Waals surface area contributed by atoms with Crippen molar-refractivity contribution in [3.63, 3.8) is 0 Å². The van der Waals surface area contributed by atoms with Crippen LogP contribution in [0.4, 0.5) is 11.4 Å². The average Bonchev–Trinajstić information content (AvgIpc) is 2.51. The number of phenolic OH excluding ortho intramolecular Hbond substituents is 1. The largest absolute Gasteiger partial charge is 0.508 e. The van der Waals surface area contributed by atoms with Gasteiger partial charge in [0, 0.05) is 38.9 Å². The van der Waals surface area contributed by atoms with Crippen molar-refractivity contribution in [2.75, 3.05) is 70.6 Å². The molecule has 1 heterocycles. The van der Waals surface area contributed by atoms with Gasteiger partial charge in [-0.05, 0) is 18.6 Å². The number of nitrogens with one attached hydrogen (secondary N) is 2. The second kappa shape index (κ2) is 8.82. The first kappa shape index (κ1) is 16.9. The third-order valence-corrected chi connectivity index (χ3v) is 4.07. The molecule has 22 heavy (non-hydrogen) atoms. The Kier molecular flexibility index (Phi) is 6.76. The van der Waals surface area contributed by atoms with Crippen molar-refractivity contribution in [3.05, 3.63) is 18.2 Å². The predicted octanol–water partition coefficient (Wildman–Crippen LogP) is -0.377. The van der Waals surface area contributed by atoms with E-state index in [1.165, 1.54) is 26.2 Å². The number of aromatic hydroxyl groups is 1. The van der Waals surface area contributed by atoms with Crippen LogP contribution in [-0.4, -0.2) is 69.5 Å². The highest BCUT2D eigenvalue weighted by Crippen LogP contribution is 2.23. The van der Waals surface area contributed by atoms with Gasteiger partial charge in [-0.2, -0.15) is 0 Å². The summed E-state index contributed by atoms with van der Waals surface area (Å²) in [6.45, 7) is 8.13. The molecule has 0 aromatic heterocycles. The summed E-state index contributed by atoms with van der Waals surface area (Å²) in [5.41, 5.74) is 7.21. The second-order valence-corrected chi connectivity index (χ2v) is 5.96. The van der Waals surface area contributed by atoms with E-state index >= 15 is 0 Å². The minimum absolute atomic E-state index is 0.214. The molecule has 0 bridgehead atoms. The number of phenols is 1. The number of nitrogens with zero attached hydrogens (tertiary/aromatic N) is 1. The Hall–Kier alpha value is -1.50.